The number of rotatable bonds is 6. The molecule has 0 bridgehead atoms. The van der Waals surface area contributed by atoms with Crippen LogP contribution in [0.2, 0.25) is 5.02 Å². The second-order valence-electron chi connectivity index (χ2n) is 4.95. The highest BCUT2D eigenvalue weighted by Crippen LogP contribution is 2.17. The Labute approximate surface area is 144 Å². The highest BCUT2D eigenvalue weighted by molar-refractivity contribution is 6.30. The van der Waals surface area contributed by atoms with E-state index in [1.54, 1.807) is 49.4 Å². The third-order valence-corrected chi connectivity index (χ3v) is 3.49. The quantitative estimate of drug-likeness (QED) is 0.639. The van der Waals surface area contributed by atoms with Gasteiger partial charge in [-0.05, 0) is 36.4 Å². The molecule has 6 heteroatoms. The molecular formula is C18H16ClNO4. The summed E-state index contributed by atoms with van der Waals surface area (Å²) in [6.45, 7) is 1.32. The summed E-state index contributed by atoms with van der Waals surface area (Å²) >= 11 is 5.76. The number of halogens is 1. The van der Waals surface area contributed by atoms with Crippen LogP contribution in [0.5, 0.6) is 0 Å². The van der Waals surface area contributed by atoms with Crippen molar-refractivity contribution in [2.24, 2.45) is 0 Å². The SMILES string of the molecule is CCC(=O)Nc1ccccc1C(=O)OCC(=O)c1ccc(Cl)cc1. The molecule has 124 valence electrons. The second kappa shape index (κ2) is 8.26. The average molecular weight is 346 g/mol. The largest absolute Gasteiger partial charge is 0.454 e. The minimum atomic E-state index is -0.677. The first-order valence-corrected chi connectivity index (χ1v) is 7.74. The van der Waals surface area contributed by atoms with Gasteiger partial charge in [-0.25, -0.2) is 4.79 Å². The van der Waals surface area contributed by atoms with Crippen LogP contribution < -0.4 is 5.32 Å². The lowest BCUT2D eigenvalue weighted by molar-refractivity contribution is -0.115. The minimum Gasteiger partial charge on any atom is -0.454 e. The zero-order valence-electron chi connectivity index (χ0n) is 13.0. The van der Waals surface area contributed by atoms with Gasteiger partial charge in [0, 0.05) is 17.0 Å². The number of hydrogen-bond acceptors (Lipinski definition) is 4. The van der Waals surface area contributed by atoms with Gasteiger partial charge in [-0.2, -0.15) is 0 Å². The Morgan fingerprint density at radius 2 is 1.71 bits per heavy atom. The molecule has 0 saturated heterocycles. The monoisotopic (exact) mass is 345 g/mol. The predicted molar refractivity (Wildman–Crippen MR) is 91.4 cm³/mol. The maximum absolute atomic E-state index is 12.2. The highest BCUT2D eigenvalue weighted by Gasteiger charge is 2.16. The maximum Gasteiger partial charge on any atom is 0.340 e. The van der Waals surface area contributed by atoms with Gasteiger partial charge in [0.25, 0.3) is 0 Å². The summed E-state index contributed by atoms with van der Waals surface area (Å²) in [7, 11) is 0. The van der Waals surface area contributed by atoms with Gasteiger partial charge >= 0.3 is 5.97 Å². The zero-order chi connectivity index (χ0) is 17.5. The van der Waals surface area contributed by atoms with Crippen molar-refractivity contribution < 1.29 is 19.1 Å². The van der Waals surface area contributed by atoms with Crippen molar-refractivity contribution in [2.45, 2.75) is 13.3 Å². The van der Waals surface area contributed by atoms with E-state index in [-0.39, 0.29) is 17.3 Å². The van der Waals surface area contributed by atoms with Gasteiger partial charge < -0.3 is 10.1 Å². The van der Waals surface area contributed by atoms with Crippen molar-refractivity contribution in [3.63, 3.8) is 0 Å². The normalized spacial score (nSPS) is 10.1. The van der Waals surface area contributed by atoms with Crippen molar-refractivity contribution >= 4 is 34.9 Å². The Kier molecular flexibility index (Phi) is 6.09. The van der Waals surface area contributed by atoms with Gasteiger partial charge in [-0.1, -0.05) is 30.7 Å². The fraction of sp³-hybridized carbons (Fsp3) is 0.167. The molecule has 0 unspecified atom stereocenters. The molecule has 0 fully saturated rings. The van der Waals surface area contributed by atoms with E-state index in [9.17, 15) is 14.4 Å². The van der Waals surface area contributed by atoms with Crippen molar-refractivity contribution in [1.29, 1.82) is 0 Å². The van der Waals surface area contributed by atoms with E-state index in [4.69, 9.17) is 16.3 Å². The van der Waals surface area contributed by atoms with Gasteiger partial charge in [0.1, 0.15) is 0 Å². The molecule has 0 radical (unpaired) electrons. The first-order valence-electron chi connectivity index (χ1n) is 7.36. The van der Waals surface area contributed by atoms with Crippen molar-refractivity contribution in [3.8, 4) is 0 Å². The molecule has 2 aromatic carbocycles. The number of ether oxygens (including phenoxy) is 1. The third-order valence-electron chi connectivity index (χ3n) is 3.24. The molecule has 1 N–H and O–H groups in total. The molecule has 0 heterocycles. The van der Waals surface area contributed by atoms with Crippen LogP contribution in [0.4, 0.5) is 5.69 Å². The predicted octanol–water partition coefficient (Wildman–Crippen LogP) is 3.73. The first-order chi connectivity index (χ1) is 11.5. The van der Waals surface area contributed by atoms with Crippen LogP contribution >= 0.6 is 11.6 Å². The van der Waals surface area contributed by atoms with Crippen LogP contribution in [-0.4, -0.2) is 24.3 Å². The summed E-state index contributed by atoms with van der Waals surface area (Å²) in [5.41, 5.74) is 0.955. The molecular weight excluding hydrogens is 330 g/mol. The summed E-state index contributed by atoms with van der Waals surface area (Å²) in [5.74, 6) is -1.23. The Balaban J connectivity index is 2.03. The Hall–Kier alpha value is -2.66. The lowest BCUT2D eigenvalue weighted by Gasteiger charge is -2.10. The summed E-state index contributed by atoms with van der Waals surface area (Å²) < 4.78 is 5.06. The number of hydrogen-bond donors (Lipinski definition) is 1. The number of esters is 1. The Morgan fingerprint density at radius 1 is 1.04 bits per heavy atom. The molecule has 2 rings (SSSR count). The van der Waals surface area contributed by atoms with Crippen LogP contribution in [0.25, 0.3) is 0 Å². The van der Waals surface area contributed by atoms with Crippen LogP contribution in [0.3, 0.4) is 0 Å². The molecule has 0 aliphatic rings. The first kappa shape index (κ1) is 17.7. The summed E-state index contributed by atoms with van der Waals surface area (Å²) in [6.07, 6.45) is 0.290. The van der Waals surface area contributed by atoms with Gasteiger partial charge in [0.15, 0.2) is 12.4 Å². The average Bonchev–Trinajstić information content (AvgIpc) is 2.60. The zero-order valence-corrected chi connectivity index (χ0v) is 13.8. The number of ketones is 1. The van der Waals surface area contributed by atoms with E-state index in [2.05, 4.69) is 5.32 Å². The summed E-state index contributed by atoms with van der Waals surface area (Å²) in [5, 5.41) is 3.15. The lowest BCUT2D eigenvalue weighted by atomic mass is 10.1. The number of Topliss-reactive ketones (excluding diaryl/α,β-unsaturated/α-hetero) is 1. The molecule has 5 nitrogen and oxygen atoms in total. The van der Waals surface area contributed by atoms with Crippen LogP contribution in [0.15, 0.2) is 48.5 Å². The van der Waals surface area contributed by atoms with Gasteiger partial charge in [0.2, 0.25) is 5.91 Å². The minimum absolute atomic E-state index is 0.197. The van der Waals surface area contributed by atoms with E-state index in [1.807, 2.05) is 0 Å². The van der Waals surface area contributed by atoms with E-state index in [1.165, 1.54) is 6.07 Å². The van der Waals surface area contributed by atoms with Crippen LogP contribution in [-0.2, 0) is 9.53 Å². The van der Waals surface area contributed by atoms with E-state index in [0.717, 1.165) is 0 Å². The smallest absolute Gasteiger partial charge is 0.340 e. The molecule has 2 aromatic rings. The molecule has 0 spiro atoms. The van der Waals surface area contributed by atoms with Crippen molar-refractivity contribution in [3.05, 3.63) is 64.7 Å². The summed E-state index contributed by atoms with van der Waals surface area (Å²) in [4.78, 5) is 35.7. The number of nitrogens with one attached hydrogen (secondary N) is 1. The van der Waals surface area contributed by atoms with E-state index < -0.39 is 12.6 Å². The number of anilines is 1. The maximum atomic E-state index is 12.2. The molecule has 0 aliphatic heterocycles. The molecule has 0 aliphatic carbocycles. The van der Waals surface area contributed by atoms with Crippen LogP contribution in [0, 0.1) is 0 Å². The standard InChI is InChI=1S/C18H16ClNO4/c1-2-17(22)20-15-6-4-3-5-14(15)18(23)24-11-16(21)12-7-9-13(19)10-8-12/h3-10H,2,11H2,1H3,(H,20,22). The Bertz CT molecular complexity index is 756. The van der Waals surface area contributed by atoms with Gasteiger partial charge in [-0.3, -0.25) is 9.59 Å². The number of amides is 1. The molecule has 24 heavy (non-hydrogen) atoms. The third kappa shape index (κ3) is 4.67. The van der Waals surface area contributed by atoms with E-state index >= 15 is 0 Å². The molecule has 0 saturated carbocycles. The summed E-state index contributed by atoms with van der Waals surface area (Å²) in [6, 6.07) is 12.8. The number of carbonyl (C=O) groups is 3. The second-order valence-corrected chi connectivity index (χ2v) is 5.39. The fourth-order valence-corrected chi connectivity index (χ4v) is 2.06. The lowest BCUT2D eigenvalue weighted by Crippen LogP contribution is -2.17. The van der Waals surface area contributed by atoms with Crippen LogP contribution in [0.1, 0.15) is 34.1 Å². The van der Waals surface area contributed by atoms with E-state index in [0.29, 0.717) is 22.7 Å². The molecule has 0 aromatic heterocycles. The molecule has 0 atom stereocenters. The fourth-order valence-electron chi connectivity index (χ4n) is 1.94. The number of benzene rings is 2. The highest BCUT2D eigenvalue weighted by atomic mass is 35.5. The van der Waals surface area contributed by atoms with Crippen molar-refractivity contribution in [2.75, 3.05) is 11.9 Å². The van der Waals surface area contributed by atoms with Gasteiger partial charge in [0.05, 0.1) is 11.3 Å². The number of carbonyl (C=O) groups excluding carboxylic acids is 3. The molecule has 1 amide bonds. The number of para-hydroxylation sites is 1. The van der Waals surface area contributed by atoms with Gasteiger partial charge in [-0.15, -0.1) is 0 Å². The Morgan fingerprint density at radius 3 is 2.38 bits per heavy atom. The topological polar surface area (TPSA) is 72.5 Å². The van der Waals surface area contributed by atoms with Crippen molar-refractivity contribution in [1.82, 2.24) is 0 Å².